The molecule has 2 N–H and O–H groups in total. The van der Waals surface area contributed by atoms with Gasteiger partial charge in [0, 0.05) is 31.0 Å². The second kappa shape index (κ2) is 6.75. The van der Waals surface area contributed by atoms with E-state index in [4.69, 9.17) is 11.6 Å². The lowest BCUT2D eigenvalue weighted by molar-refractivity contribution is -0.137. The summed E-state index contributed by atoms with van der Waals surface area (Å²) < 4.78 is 39.7. The molecule has 2 rings (SSSR count). The molecule has 0 spiro atoms. The van der Waals surface area contributed by atoms with Gasteiger partial charge >= 0.3 is 6.18 Å². The van der Waals surface area contributed by atoms with Gasteiger partial charge in [-0.2, -0.15) is 13.2 Å². The van der Waals surface area contributed by atoms with Crippen molar-refractivity contribution in [1.29, 1.82) is 0 Å². The van der Waals surface area contributed by atoms with Crippen LogP contribution in [0.2, 0.25) is 0 Å². The number of benzene rings is 1. The maximum absolute atomic E-state index is 13.2. The second-order valence-electron chi connectivity index (χ2n) is 5.11. The van der Waals surface area contributed by atoms with Crippen LogP contribution in [0.3, 0.4) is 0 Å². The van der Waals surface area contributed by atoms with E-state index >= 15 is 0 Å². The summed E-state index contributed by atoms with van der Waals surface area (Å²) in [6, 6.07) is 4.18. The number of hydrogen-bond acceptors (Lipinski definition) is 3. The first-order valence-corrected chi connectivity index (χ1v) is 7.39. The summed E-state index contributed by atoms with van der Waals surface area (Å²) in [6.07, 6.45) is -3.36. The Morgan fingerprint density at radius 3 is 2.52 bits per heavy atom. The highest BCUT2D eigenvalue weighted by Crippen LogP contribution is 2.39. The maximum atomic E-state index is 13.2. The van der Waals surface area contributed by atoms with Gasteiger partial charge in [0.1, 0.15) is 0 Å². The summed E-state index contributed by atoms with van der Waals surface area (Å²) in [5.74, 6) is 0.0327. The van der Waals surface area contributed by atoms with Crippen LogP contribution in [0, 0.1) is 0 Å². The minimum absolute atomic E-state index is 0.0327. The maximum Gasteiger partial charge on any atom is 0.418 e. The monoisotopic (exact) mass is 322 g/mol. The lowest BCUT2D eigenvalue weighted by Gasteiger charge is -2.23. The van der Waals surface area contributed by atoms with Crippen LogP contribution in [0.25, 0.3) is 0 Å². The molecule has 21 heavy (non-hydrogen) atoms. The Bertz CT molecular complexity index is 476. The van der Waals surface area contributed by atoms with E-state index in [2.05, 4.69) is 5.32 Å². The van der Waals surface area contributed by atoms with Crippen molar-refractivity contribution in [3.05, 3.63) is 23.8 Å². The normalized spacial score (nSPS) is 17.1. The first kappa shape index (κ1) is 16.2. The smallest absolute Gasteiger partial charge is 0.390 e. The van der Waals surface area contributed by atoms with Crippen molar-refractivity contribution < 1.29 is 18.3 Å². The molecule has 0 bridgehead atoms. The molecule has 0 radical (unpaired) electrons. The zero-order chi connectivity index (χ0) is 15.5. The zero-order valence-corrected chi connectivity index (χ0v) is 12.2. The van der Waals surface area contributed by atoms with E-state index < -0.39 is 17.8 Å². The second-order valence-corrected chi connectivity index (χ2v) is 5.42. The average molecular weight is 323 g/mol. The van der Waals surface area contributed by atoms with Crippen LogP contribution in [-0.2, 0) is 6.18 Å². The standard InChI is InChI=1S/C14H18ClF3N2O/c15-8-11(21)9-19-10-3-4-13(20-5-1-2-6-20)12(7-10)14(16,17)18/h3-4,7,11,19,21H,1-2,5-6,8-9H2. The third-order valence-corrected chi connectivity index (χ3v) is 3.82. The van der Waals surface area contributed by atoms with Gasteiger partial charge in [0.05, 0.1) is 17.5 Å². The van der Waals surface area contributed by atoms with Gasteiger partial charge in [-0.1, -0.05) is 0 Å². The molecule has 1 heterocycles. The molecular formula is C14H18ClF3N2O. The summed E-state index contributed by atoms with van der Waals surface area (Å²) in [4.78, 5) is 1.76. The molecule has 1 atom stereocenters. The SMILES string of the molecule is OC(CCl)CNc1ccc(N2CCCC2)c(C(F)(F)F)c1. The van der Waals surface area contributed by atoms with Crippen LogP contribution in [-0.4, -0.2) is 36.7 Å². The van der Waals surface area contributed by atoms with Crippen LogP contribution in [0.15, 0.2) is 18.2 Å². The van der Waals surface area contributed by atoms with E-state index in [0.717, 1.165) is 18.9 Å². The molecule has 1 aliphatic rings. The van der Waals surface area contributed by atoms with Gasteiger partial charge in [0.2, 0.25) is 0 Å². The molecular weight excluding hydrogens is 305 g/mol. The van der Waals surface area contributed by atoms with Gasteiger partial charge in [-0.15, -0.1) is 11.6 Å². The molecule has 7 heteroatoms. The summed E-state index contributed by atoms with van der Waals surface area (Å²) in [5.41, 5.74) is -0.0901. The van der Waals surface area contributed by atoms with Crippen molar-refractivity contribution in [3.63, 3.8) is 0 Å². The molecule has 1 aliphatic heterocycles. The minimum atomic E-state index is -4.40. The molecule has 0 aliphatic carbocycles. The number of aliphatic hydroxyl groups is 1. The van der Waals surface area contributed by atoms with Crippen molar-refractivity contribution in [2.24, 2.45) is 0 Å². The van der Waals surface area contributed by atoms with Gasteiger partial charge in [0.25, 0.3) is 0 Å². The van der Waals surface area contributed by atoms with Gasteiger partial charge < -0.3 is 15.3 Å². The highest BCUT2D eigenvalue weighted by atomic mass is 35.5. The largest absolute Gasteiger partial charge is 0.418 e. The number of anilines is 2. The van der Waals surface area contributed by atoms with Crippen LogP contribution in [0.1, 0.15) is 18.4 Å². The molecule has 1 aromatic rings. The Hall–Kier alpha value is -1.14. The van der Waals surface area contributed by atoms with E-state index in [1.807, 2.05) is 0 Å². The Morgan fingerprint density at radius 2 is 1.95 bits per heavy atom. The molecule has 1 saturated heterocycles. The van der Waals surface area contributed by atoms with Crippen LogP contribution >= 0.6 is 11.6 Å². The van der Waals surface area contributed by atoms with E-state index in [0.29, 0.717) is 18.8 Å². The summed E-state index contributed by atoms with van der Waals surface area (Å²) >= 11 is 5.46. The molecule has 3 nitrogen and oxygen atoms in total. The van der Waals surface area contributed by atoms with Crippen molar-refractivity contribution in [2.45, 2.75) is 25.1 Å². The third-order valence-electron chi connectivity index (χ3n) is 3.47. The summed E-state index contributed by atoms with van der Waals surface area (Å²) in [5, 5.41) is 12.1. The Labute approximate surface area is 126 Å². The molecule has 1 unspecified atom stereocenters. The highest BCUT2D eigenvalue weighted by Gasteiger charge is 2.35. The zero-order valence-electron chi connectivity index (χ0n) is 11.5. The molecule has 0 amide bonds. The van der Waals surface area contributed by atoms with Gasteiger partial charge in [-0.25, -0.2) is 0 Å². The predicted molar refractivity (Wildman–Crippen MR) is 78.1 cm³/mol. The summed E-state index contributed by atoms with van der Waals surface area (Å²) in [6.45, 7) is 1.42. The third kappa shape index (κ3) is 4.17. The fourth-order valence-corrected chi connectivity index (χ4v) is 2.51. The van der Waals surface area contributed by atoms with E-state index in [-0.39, 0.29) is 18.1 Å². The van der Waals surface area contributed by atoms with E-state index in [1.54, 1.807) is 11.0 Å². The Balaban J connectivity index is 2.22. The number of alkyl halides is 4. The Morgan fingerprint density at radius 1 is 1.29 bits per heavy atom. The fraction of sp³-hybridized carbons (Fsp3) is 0.571. The van der Waals surface area contributed by atoms with Gasteiger partial charge in [0.15, 0.2) is 0 Å². The molecule has 0 saturated carbocycles. The first-order valence-electron chi connectivity index (χ1n) is 6.86. The number of nitrogens with one attached hydrogen (secondary N) is 1. The lowest BCUT2D eigenvalue weighted by Crippen LogP contribution is -2.23. The number of rotatable bonds is 5. The van der Waals surface area contributed by atoms with Crippen LogP contribution in [0.4, 0.5) is 24.5 Å². The minimum Gasteiger partial charge on any atom is -0.390 e. The number of hydrogen-bond donors (Lipinski definition) is 2. The molecule has 1 fully saturated rings. The molecule has 118 valence electrons. The van der Waals surface area contributed by atoms with Gasteiger partial charge in [-0.05, 0) is 31.0 Å². The predicted octanol–water partition coefficient (Wildman–Crippen LogP) is 3.32. The quantitative estimate of drug-likeness (QED) is 0.816. The van der Waals surface area contributed by atoms with Crippen LogP contribution < -0.4 is 10.2 Å². The fourth-order valence-electron chi connectivity index (χ4n) is 2.40. The summed E-state index contributed by atoms with van der Waals surface area (Å²) in [7, 11) is 0. The van der Waals surface area contributed by atoms with Crippen LogP contribution in [0.5, 0.6) is 0 Å². The number of halogens is 4. The topological polar surface area (TPSA) is 35.5 Å². The number of aliphatic hydroxyl groups excluding tert-OH is 1. The number of nitrogens with zero attached hydrogens (tertiary/aromatic N) is 1. The van der Waals surface area contributed by atoms with Gasteiger partial charge in [-0.3, -0.25) is 0 Å². The molecule has 0 aromatic heterocycles. The molecule has 1 aromatic carbocycles. The van der Waals surface area contributed by atoms with E-state index in [9.17, 15) is 18.3 Å². The Kier molecular flexibility index (Phi) is 5.22. The first-order chi connectivity index (χ1) is 9.91. The van der Waals surface area contributed by atoms with Crippen molar-refractivity contribution >= 4 is 23.0 Å². The van der Waals surface area contributed by atoms with Crippen molar-refractivity contribution in [1.82, 2.24) is 0 Å². The van der Waals surface area contributed by atoms with E-state index in [1.165, 1.54) is 6.07 Å². The van der Waals surface area contributed by atoms with Crippen molar-refractivity contribution in [3.8, 4) is 0 Å². The van der Waals surface area contributed by atoms with Crippen molar-refractivity contribution in [2.75, 3.05) is 35.7 Å². The average Bonchev–Trinajstić information content (AvgIpc) is 2.97. The highest BCUT2D eigenvalue weighted by molar-refractivity contribution is 6.18. The lowest BCUT2D eigenvalue weighted by atomic mass is 10.1.